The Hall–Kier alpha value is -0.750. The lowest BCUT2D eigenvalue weighted by atomic mass is 10.6. The molecule has 0 amide bonds. The molecule has 2 nitrogen and oxygen atoms in total. The molecular weight excluding hydrogens is 204 g/mol. The fourth-order valence-corrected chi connectivity index (χ4v) is 0.766. The van der Waals surface area contributed by atoms with Crippen LogP contribution in [0.3, 0.4) is 0 Å². The van der Waals surface area contributed by atoms with Crippen LogP contribution >= 0.6 is 0 Å². The first-order valence-corrected chi connectivity index (χ1v) is 3.23. The van der Waals surface area contributed by atoms with E-state index < -0.39 is 0 Å². The van der Waals surface area contributed by atoms with Crippen LogP contribution in [0.2, 0.25) is 0 Å². The molecular formula is C8H11BrN2. The number of nitrogens with zero attached hydrogens (tertiary/aromatic N) is 2. The van der Waals surface area contributed by atoms with Gasteiger partial charge < -0.3 is 17.0 Å². The number of hydrogen-bond donors (Lipinski definition) is 0. The number of halogens is 1. The van der Waals surface area contributed by atoms with Gasteiger partial charge in [0.25, 0.3) is 0 Å². The summed E-state index contributed by atoms with van der Waals surface area (Å²) >= 11 is 0. The molecule has 0 atom stereocenters. The van der Waals surface area contributed by atoms with E-state index in [4.69, 9.17) is 0 Å². The van der Waals surface area contributed by atoms with Gasteiger partial charge in [0.2, 0.25) is 6.33 Å². The fraction of sp³-hybridized carbons (Fsp3) is 0.375. The first kappa shape index (κ1) is 10.2. The van der Waals surface area contributed by atoms with Crippen molar-refractivity contribution in [3.05, 3.63) is 18.7 Å². The van der Waals surface area contributed by atoms with E-state index in [0.29, 0.717) is 0 Å². The molecule has 1 aromatic heterocycles. The van der Waals surface area contributed by atoms with Crippen LogP contribution in [0, 0.1) is 11.8 Å². The normalized spacial score (nSPS) is 7.82. The highest BCUT2D eigenvalue weighted by Crippen LogP contribution is 1.75. The van der Waals surface area contributed by atoms with Crippen molar-refractivity contribution in [2.24, 2.45) is 7.05 Å². The Morgan fingerprint density at radius 2 is 2.27 bits per heavy atom. The smallest absolute Gasteiger partial charge is 0.244 e. The third-order valence-electron chi connectivity index (χ3n) is 1.26. The van der Waals surface area contributed by atoms with Crippen LogP contribution in [-0.4, -0.2) is 4.57 Å². The van der Waals surface area contributed by atoms with Crippen molar-refractivity contribution in [2.75, 3.05) is 0 Å². The first-order chi connectivity index (χ1) is 4.83. The number of aryl methyl sites for hydroxylation is 1. The minimum Gasteiger partial charge on any atom is -1.00 e. The Bertz CT molecular complexity index is 267. The summed E-state index contributed by atoms with van der Waals surface area (Å²) in [4.78, 5) is 0. The second-order valence-electron chi connectivity index (χ2n) is 2.18. The van der Waals surface area contributed by atoms with Crippen LogP contribution in [0.1, 0.15) is 6.92 Å². The molecule has 0 aliphatic rings. The maximum Gasteiger partial charge on any atom is 0.244 e. The summed E-state index contributed by atoms with van der Waals surface area (Å²) in [5.74, 6) is 5.82. The summed E-state index contributed by atoms with van der Waals surface area (Å²) in [5.41, 5.74) is 0. The van der Waals surface area contributed by atoms with E-state index in [0.717, 1.165) is 6.54 Å². The summed E-state index contributed by atoms with van der Waals surface area (Å²) in [5, 5.41) is 0. The van der Waals surface area contributed by atoms with E-state index >= 15 is 0 Å². The molecule has 0 radical (unpaired) electrons. The standard InChI is InChI=1S/C8H11N2.BrH/c1-3-4-5-10-7-6-9(2)8-10;/h6-8H,5H2,1-2H3;1H/q+1;/p-1. The lowest BCUT2D eigenvalue weighted by Gasteiger charge is -1.81. The second-order valence-corrected chi connectivity index (χ2v) is 2.18. The highest BCUT2D eigenvalue weighted by Gasteiger charge is 1.94. The van der Waals surface area contributed by atoms with Gasteiger partial charge in [-0.1, -0.05) is 5.92 Å². The van der Waals surface area contributed by atoms with Gasteiger partial charge >= 0.3 is 0 Å². The summed E-state index contributed by atoms with van der Waals surface area (Å²) in [6.45, 7) is 2.64. The predicted octanol–water partition coefficient (Wildman–Crippen LogP) is -2.66. The number of hydrogen-bond acceptors (Lipinski definition) is 0. The third kappa shape index (κ3) is 3.24. The molecule has 1 rings (SSSR count). The van der Waals surface area contributed by atoms with Crippen molar-refractivity contribution in [3.63, 3.8) is 0 Å². The van der Waals surface area contributed by atoms with Crippen molar-refractivity contribution in [1.82, 2.24) is 4.57 Å². The number of rotatable bonds is 1. The predicted molar refractivity (Wildman–Crippen MR) is 39.1 cm³/mol. The summed E-state index contributed by atoms with van der Waals surface area (Å²) in [6.07, 6.45) is 6.01. The van der Waals surface area contributed by atoms with E-state index in [1.54, 1.807) is 0 Å². The van der Waals surface area contributed by atoms with E-state index in [1.807, 2.05) is 41.8 Å². The summed E-state index contributed by atoms with van der Waals surface area (Å²) < 4.78 is 4.04. The molecule has 0 fully saturated rings. The van der Waals surface area contributed by atoms with Crippen LogP contribution in [0.4, 0.5) is 0 Å². The highest BCUT2D eigenvalue weighted by atomic mass is 79.9. The van der Waals surface area contributed by atoms with Crippen molar-refractivity contribution in [3.8, 4) is 11.8 Å². The molecule has 0 bridgehead atoms. The number of aromatic nitrogens is 2. The first-order valence-electron chi connectivity index (χ1n) is 3.23. The Morgan fingerprint density at radius 1 is 1.55 bits per heavy atom. The molecule has 0 spiro atoms. The molecule has 0 N–H and O–H groups in total. The SMILES string of the molecule is CC#CC[n+]1ccn(C)c1.[Br-]. The van der Waals surface area contributed by atoms with Gasteiger partial charge in [0.15, 0.2) is 6.54 Å². The van der Waals surface area contributed by atoms with Crippen molar-refractivity contribution in [2.45, 2.75) is 13.5 Å². The minimum atomic E-state index is 0. The topological polar surface area (TPSA) is 8.81 Å². The Labute approximate surface area is 77.6 Å². The highest BCUT2D eigenvalue weighted by molar-refractivity contribution is 4.91. The van der Waals surface area contributed by atoms with Gasteiger partial charge in [-0.15, -0.1) is 5.92 Å². The minimum absolute atomic E-state index is 0. The molecule has 0 aromatic carbocycles. The molecule has 60 valence electrons. The van der Waals surface area contributed by atoms with Gasteiger partial charge in [0.05, 0.1) is 7.05 Å². The third-order valence-corrected chi connectivity index (χ3v) is 1.26. The van der Waals surface area contributed by atoms with Crippen LogP contribution in [0.5, 0.6) is 0 Å². The van der Waals surface area contributed by atoms with Gasteiger partial charge in [-0.2, -0.15) is 0 Å². The van der Waals surface area contributed by atoms with Gasteiger partial charge in [0, 0.05) is 0 Å². The lowest BCUT2D eigenvalue weighted by molar-refractivity contribution is -0.684. The largest absolute Gasteiger partial charge is 1.00 e. The average Bonchev–Trinajstić information content (AvgIpc) is 2.31. The van der Waals surface area contributed by atoms with E-state index in [1.165, 1.54) is 0 Å². The molecule has 11 heavy (non-hydrogen) atoms. The monoisotopic (exact) mass is 214 g/mol. The molecule has 3 heteroatoms. The van der Waals surface area contributed by atoms with Gasteiger partial charge in [-0.25, -0.2) is 9.13 Å². The van der Waals surface area contributed by atoms with E-state index in [-0.39, 0.29) is 17.0 Å². The zero-order chi connectivity index (χ0) is 7.40. The van der Waals surface area contributed by atoms with Crippen molar-refractivity contribution >= 4 is 0 Å². The zero-order valence-electron chi connectivity index (χ0n) is 6.71. The van der Waals surface area contributed by atoms with Gasteiger partial charge in [-0.05, 0) is 6.92 Å². The van der Waals surface area contributed by atoms with Crippen LogP contribution in [0.25, 0.3) is 0 Å². The van der Waals surface area contributed by atoms with Gasteiger partial charge in [0.1, 0.15) is 12.4 Å². The van der Waals surface area contributed by atoms with Crippen LogP contribution in [-0.2, 0) is 13.6 Å². The molecule has 0 saturated carbocycles. The fourth-order valence-electron chi connectivity index (χ4n) is 0.766. The van der Waals surface area contributed by atoms with Gasteiger partial charge in [-0.3, -0.25) is 0 Å². The van der Waals surface area contributed by atoms with Crippen molar-refractivity contribution in [1.29, 1.82) is 0 Å². The zero-order valence-corrected chi connectivity index (χ0v) is 8.30. The van der Waals surface area contributed by atoms with E-state index in [9.17, 15) is 0 Å². The van der Waals surface area contributed by atoms with Crippen molar-refractivity contribution < 1.29 is 21.5 Å². The summed E-state index contributed by atoms with van der Waals surface area (Å²) in [6, 6.07) is 0. The quantitative estimate of drug-likeness (QED) is 0.357. The molecule has 0 aliphatic heterocycles. The maximum atomic E-state index is 2.98. The molecule has 1 heterocycles. The summed E-state index contributed by atoms with van der Waals surface area (Å²) in [7, 11) is 2.00. The Kier molecular flexibility index (Phi) is 4.64. The van der Waals surface area contributed by atoms with Crippen LogP contribution in [0.15, 0.2) is 18.7 Å². The lowest BCUT2D eigenvalue weighted by Crippen LogP contribution is -3.00. The Morgan fingerprint density at radius 3 is 2.73 bits per heavy atom. The molecule has 0 aliphatic carbocycles. The average molecular weight is 215 g/mol. The maximum absolute atomic E-state index is 2.98. The number of imidazole rings is 1. The second kappa shape index (κ2) is 4.97. The van der Waals surface area contributed by atoms with E-state index in [2.05, 4.69) is 11.8 Å². The molecule has 0 saturated heterocycles. The molecule has 0 unspecified atom stereocenters. The molecule has 1 aromatic rings. The van der Waals surface area contributed by atoms with Crippen LogP contribution < -0.4 is 21.5 Å². The Balaban J connectivity index is 0.000001000.